The van der Waals surface area contributed by atoms with Crippen LogP contribution >= 0.6 is 0 Å². The molecular formula is C12H17NSi. The number of anilines is 1. The van der Waals surface area contributed by atoms with Gasteiger partial charge in [-0.05, 0) is 24.6 Å². The molecule has 0 heterocycles. The lowest BCUT2D eigenvalue weighted by atomic mass is 10.1. The first-order valence-electron chi connectivity index (χ1n) is 4.78. The smallest absolute Gasteiger partial charge is 0.129 e. The van der Waals surface area contributed by atoms with Crippen LogP contribution in [0.25, 0.3) is 0 Å². The molecule has 0 aliphatic rings. The van der Waals surface area contributed by atoms with E-state index in [4.69, 9.17) is 5.73 Å². The zero-order chi connectivity index (χ0) is 10.8. The Balaban J connectivity index is 3.06. The SMILES string of the molecule is Cc1ccc(N)cc1C#C[Si](C)(C)C. The van der Waals surface area contributed by atoms with E-state index in [0.29, 0.717) is 0 Å². The van der Waals surface area contributed by atoms with E-state index in [1.807, 2.05) is 18.2 Å². The molecule has 0 spiro atoms. The van der Waals surface area contributed by atoms with Crippen LogP contribution in [0.15, 0.2) is 18.2 Å². The number of benzene rings is 1. The zero-order valence-electron chi connectivity index (χ0n) is 9.31. The van der Waals surface area contributed by atoms with Gasteiger partial charge in [-0.15, -0.1) is 5.54 Å². The highest BCUT2D eigenvalue weighted by Crippen LogP contribution is 2.11. The number of hydrogen-bond donors (Lipinski definition) is 1. The van der Waals surface area contributed by atoms with Gasteiger partial charge in [0.2, 0.25) is 0 Å². The molecule has 0 bridgehead atoms. The largest absolute Gasteiger partial charge is 0.399 e. The van der Waals surface area contributed by atoms with Crippen LogP contribution in [0.1, 0.15) is 11.1 Å². The number of rotatable bonds is 0. The summed E-state index contributed by atoms with van der Waals surface area (Å²) in [6.45, 7) is 8.78. The Morgan fingerprint density at radius 1 is 1.21 bits per heavy atom. The first-order chi connectivity index (χ1) is 6.38. The van der Waals surface area contributed by atoms with Crippen molar-refractivity contribution in [2.75, 3.05) is 5.73 Å². The predicted octanol–water partition coefficient (Wildman–Crippen LogP) is 2.81. The van der Waals surface area contributed by atoms with Crippen molar-refractivity contribution in [3.8, 4) is 11.5 Å². The Morgan fingerprint density at radius 3 is 2.43 bits per heavy atom. The van der Waals surface area contributed by atoms with Crippen molar-refractivity contribution >= 4 is 13.8 Å². The second-order valence-corrected chi connectivity index (χ2v) is 9.32. The predicted molar refractivity (Wildman–Crippen MR) is 65.8 cm³/mol. The van der Waals surface area contributed by atoms with Gasteiger partial charge in [-0.2, -0.15) is 0 Å². The molecule has 74 valence electrons. The lowest BCUT2D eigenvalue weighted by molar-refractivity contribution is 1.44. The van der Waals surface area contributed by atoms with Gasteiger partial charge in [-0.3, -0.25) is 0 Å². The van der Waals surface area contributed by atoms with Crippen LogP contribution in [0.4, 0.5) is 5.69 Å². The molecule has 1 rings (SSSR count). The van der Waals surface area contributed by atoms with Crippen molar-refractivity contribution < 1.29 is 0 Å². The standard InChI is InChI=1S/C12H17NSi/c1-10-5-6-12(13)9-11(10)7-8-14(2,3)4/h5-6,9H,13H2,1-4H3. The van der Waals surface area contributed by atoms with Crippen molar-refractivity contribution in [2.45, 2.75) is 26.6 Å². The van der Waals surface area contributed by atoms with E-state index in [1.165, 1.54) is 5.56 Å². The number of nitrogens with two attached hydrogens (primary N) is 1. The van der Waals surface area contributed by atoms with Gasteiger partial charge in [0.15, 0.2) is 0 Å². The molecule has 1 aromatic rings. The molecular weight excluding hydrogens is 186 g/mol. The van der Waals surface area contributed by atoms with Gasteiger partial charge in [0.05, 0.1) is 0 Å². The van der Waals surface area contributed by atoms with Gasteiger partial charge in [0.1, 0.15) is 8.07 Å². The summed E-state index contributed by atoms with van der Waals surface area (Å²) in [6.07, 6.45) is 0. The van der Waals surface area contributed by atoms with Crippen LogP contribution in [-0.2, 0) is 0 Å². The van der Waals surface area contributed by atoms with Gasteiger partial charge in [-0.25, -0.2) is 0 Å². The molecule has 0 radical (unpaired) electrons. The average molecular weight is 203 g/mol. The summed E-state index contributed by atoms with van der Waals surface area (Å²) in [5.41, 5.74) is 12.1. The van der Waals surface area contributed by atoms with Crippen molar-refractivity contribution in [3.63, 3.8) is 0 Å². The average Bonchev–Trinajstić information content (AvgIpc) is 2.05. The van der Waals surface area contributed by atoms with Gasteiger partial charge in [0.25, 0.3) is 0 Å². The minimum Gasteiger partial charge on any atom is -0.399 e. The summed E-state index contributed by atoms with van der Waals surface area (Å²) in [4.78, 5) is 0. The minimum absolute atomic E-state index is 0.787. The highest BCUT2D eigenvalue weighted by atomic mass is 28.3. The van der Waals surface area contributed by atoms with Gasteiger partial charge in [0, 0.05) is 11.3 Å². The maximum atomic E-state index is 5.71. The Bertz CT molecular complexity index is 391. The quantitative estimate of drug-likeness (QED) is 0.392. The van der Waals surface area contributed by atoms with Gasteiger partial charge in [-0.1, -0.05) is 31.6 Å². The molecule has 14 heavy (non-hydrogen) atoms. The fourth-order valence-corrected chi connectivity index (χ4v) is 1.54. The molecule has 0 saturated carbocycles. The Labute approximate surface area is 87.3 Å². The third kappa shape index (κ3) is 3.27. The maximum absolute atomic E-state index is 5.71. The molecule has 0 unspecified atom stereocenters. The van der Waals surface area contributed by atoms with E-state index in [-0.39, 0.29) is 0 Å². The molecule has 0 aliphatic heterocycles. The van der Waals surface area contributed by atoms with Gasteiger partial charge >= 0.3 is 0 Å². The summed E-state index contributed by atoms with van der Waals surface area (Å²) in [7, 11) is -1.28. The fraction of sp³-hybridized carbons (Fsp3) is 0.333. The van der Waals surface area contributed by atoms with Crippen LogP contribution < -0.4 is 5.73 Å². The fourth-order valence-electron chi connectivity index (χ4n) is 1.03. The summed E-state index contributed by atoms with van der Waals surface area (Å²) in [6, 6.07) is 5.88. The third-order valence-corrected chi connectivity index (χ3v) is 2.71. The van der Waals surface area contributed by atoms with Crippen molar-refractivity contribution in [1.29, 1.82) is 0 Å². The van der Waals surface area contributed by atoms with E-state index >= 15 is 0 Å². The molecule has 0 fully saturated rings. The number of hydrogen-bond acceptors (Lipinski definition) is 1. The molecule has 0 aliphatic carbocycles. The minimum atomic E-state index is -1.28. The van der Waals surface area contributed by atoms with E-state index in [0.717, 1.165) is 11.3 Å². The number of nitrogen functional groups attached to an aromatic ring is 1. The molecule has 0 aromatic heterocycles. The van der Waals surface area contributed by atoms with E-state index in [2.05, 4.69) is 38.0 Å². The first kappa shape index (κ1) is 10.9. The summed E-state index contributed by atoms with van der Waals surface area (Å²) in [5.74, 6) is 3.23. The van der Waals surface area contributed by atoms with Crippen LogP contribution in [0, 0.1) is 18.4 Å². The molecule has 2 N–H and O–H groups in total. The van der Waals surface area contributed by atoms with E-state index in [9.17, 15) is 0 Å². The van der Waals surface area contributed by atoms with E-state index < -0.39 is 8.07 Å². The highest BCUT2D eigenvalue weighted by molar-refractivity contribution is 6.83. The Kier molecular flexibility index (Phi) is 3.02. The molecule has 1 nitrogen and oxygen atoms in total. The second-order valence-electron chi connectivity index (χ2n) is 4.57. The second kappa shape index (κ2) is 3.89. The maximum Gasteiger partial charge on any atom is 0.129 e. The normalized spacial score (nSPS) is 10.6. The van der Waals surface area contributed by atoms with Crippen LogP contribution in [0.2, 0.25) is 19.6 Å². The Hall–Kier alpha value is -1.20. The summed E-state index contributed by atoms with van der Waals surface area (Å²) >= 11 is 0. The third-order valence-electron chi connectivity index (χ3n) is 1.83. The molecule has 1 aromatic carbocycles. The van der Waals surface area contributed by atoms with E-state index in [1.54, 1.807) is 0 Å². The van der Waals surface area contributed by atoms with Crippen molar-refractivity contribution in [2.24, 2.45) is 0 Å². The first-order valence-corrected chi connectivity index (χ1v) is 8.28. The molecule has 0 amide bonds. The highest BCUT2D eigenvalue weighted by Gasteiger charge is 2.07. The molecule has 0 atom stereocenters. The Morgan fingerprint density at radius 2 is 1.86 bits per heavy atom. The molecule has 2 heteroatoms. The summed E-state index contributed by atoms with van der Waals surface area (Å²) in [5, 5.41) is 0. The number of aryl methyl sites for hydroxylation is 1. The summed E-state index contributed by atoms with van der Waals surface area (Å²) < 4.78 is 0. The lowest BCUT2D eigenvalue weighted by Gasteiger charge is -2.04. The topological polar surface area (TPSA) is 26.0 Å². The van der Waals surface area contributed by atoms with Gasteiger partial charge < -0.3 is 5.73 Å². The lowest BCUT2D eigenvalue weighted by Crippen LogP contribution is -2.16. The van der Waals surface area contributed by atoms with Crippen molar-refractivity contribution in [3.05, 3.63) is 29.3 Å². The van der Waals surface area contributed by atoms with Crippen LogP contribution in [-0.4, -0.2) is 8.07 Å². The van der Waals surface area contributed by atoms with Crippen molar-refractivity contribution in [1.82, 2.24) is 0 Å². The zero-order valence-corrected chi connectivity index (χ0v) is 10.3. The van der Waals surface area contributed by atoms with Crippen LogP contribution in [0.5, 0.6) is 0 Å². The molecule has 0 saturated heterocycles. The monoisotopic (exact) mass is 203 g/mol. The van der Waals surface area contributed by atoms with Crippen LogP contribution in [0.3, 0.4) is 0 Å².